The van der Waals surface area contributed by atoms with E-state index in [0.29, 0.717) is 6.04 Å². The smallest absolute Gasteiger partial charge is 0.238 e. The number of amides is 2. The van der Waals surface area contributed by atoms with E-state index in [1.54, 1.807) is 11.9 Å². The van der Waals surface area contributed by atoms with Gasteiger partial charge in [0.2, 0.25) is 11.8 Å². The molecule has 0 radical (unpaired) electrons. The zero-order valence-corrected chi connectivity index (χ0v) is 12.7. The molecule has 1 aromatic rings. The number of carbonyl (C=O) groups is 2. The lowest BCUT2D eigenvalue weighted by molar-refractivity contribution is -0.123. The van der Waals surface area contributed by atoms with Crippen molar-refractivity contribution in [3.05, 3.63) is 29.8 Å². The molecule has 1 saturated carbocycles. The van der Waals surface area contributed by atoms with E-state index in [4.69, 9.17) is 0 Å². The van der Waals surface area contributed by atoms with E-state index in [0.717, 1.165) is 24.9 Å². The first kappa shape index (κ1) is 15.5. The Balaban J connectivity index is 1.75. The van der Waals surface area contributed by atoms with Crippen molar-refractivity contribution in [2.75, 3.05) is 25.5 Å². The molecule has 0 bridgehead atoms. The van der Waals surface area contributed by atoms with Crippen molar-refractivity contribution >= 4 is 17.5 Å². The number of nitrogens with one attached hydrogen (secondary N) is 2. The van der Waals surface area contributed by atoms with Gasteiger partial charge in [0.25, 0.3) is 0 Å². The van der Waals surface area contributed by atoms with Crippen molar-refractivity contribution in [3.8, 4) is 0 Å². The fourth-order valence-corrected chi connectivity index (χ4v) is 2.12. The summed E-state index contributed by atoms with van der Waals surface area (Å²) in [5.74, 6) is -0.120. The van der Waals surface area contributed by atoms with Crippen molar-refractivity contribution in [3.63, 3.8) is 0 Å². The van der Waals surface area contributed by atoms with E-state index >= 15 is 0 Å². The molecular formula is C16H23N3O2. The monoisotopic (exact) mass is 289 g/mol. The lowest BCUT2D eigenvalue weighted by atomic mass is 10.1. The molecule has 2 rings (SSSR count). The van der Waals surface area contributed by atoms with E-state index in [9.17, 15) is 9.59 Å². The standard InChI is InChI=1S/C16H23N3O2/c1-3-12-5-4-6-14(9-12)18-16(21)11-19(2)10-15(20)17-13-7-8-13/h4-6,9,13H,3,7-8,10-11H2,1-2H3,(H,17,20)(H,18,21). The first-order chi connectivity index (χ1) is 10.1. The molecule has 2 N–H and O–H groups in total. The Labute approximate surface area is 125 Å². The summed E-state index contributed by atoms with van der Waals surface area (Å²) in [6.07, 6.45) is 3.08. The molecule has 5 heteroatoms. The van der Waals surface area contributed by atoms with Gasteiger partial charge in [0.1, 0.15) is 0 Å². The minimum atomic E-state index is -0.107. The molecule has 0 atom stereocenters. The lowest BCUT2D eigenvalue weighted by Crippen LogP contribution is -2.39. The summed E-state index contributed by atoms with van der Waals surface area (Å²) < 4.78 is 0. The van der Waals surface area contributed by atoms with Crippen molar-refractivity contribution in [2.45, 2.75) is 32.2 Å². The summed E-state index contributed by atoms with van der Waals surface area (Å²) in [5, 5.41) is 5.77. The Morgan fingerprint density at radius 3 is 2.62 bits per heavy atom. The highest BCUT2D eigenvalue weighted by Gasteiger charge is 2.23. The second-order valence-electron chi connectivity index (χ2n) is 5.62. The second-order valence-corrected chi connectivity index (χ2v) is 5.62. The number of aryl methyl sites for hydroxylation is 1. The fourth-order valence-electron chi connectivity index (χ4n) is 2.12. The average molecular weight is 289 g/mol. The molecule has 0 heterocycles. The van der Waals surface area contributed by atoms with E-state index in [2.05, 4.69) is 17.6 Å². The third-order valence-corrected chi connectivity index (χ3v) is 3.39. The molecule has 5 nitrogen and oxygen atoms in total. The predicted octanol–water partition coefficient (Wildman–Crippen LogP) is 1.40. The van der Waals surface area contributed by atoms with Crippen LogP contribution in [0.5, 0.6) is 0 Å². The highest BCUT2D eigenvalue weighted by molar-refractivity contribution is 5.92. The van der Waals surface area contributed by atoms with Gasteiger partial charge in [-0.3, -0.25) is 14.5 Å². The van der Waals surface area contributed by atoms with Crippen LogP contribution in [0.1, 0.15) is 25.3 Å². The number of nitrogens with zero attached hydrogens (tertiary/aromatic N) is 1. The molecular weight excluding hydrogens is 266 g/mol. The zero-order valence-electron chi connectivity index (χ0n) is 12.7. The number of carbonyl (C=O) groups excluding carboxylic acids is 2. The minimum Gasteiger partial charge on any atom is -0.352 e. The lowest BCUT2D eigenvalue weighted by Gasteiger charge is -2.16. The topological polar surface area (TPSA) is 61.4 Å². The third kappa shape index (κ3) is 5.55. The van der Waals surface area contributed by atoms with Crippen molar-refractivity contribution in [2.24, 2.45) is 0 Å². The van der Waals surface area contributed by atoms with Gasteiger partial charge in [0.15, 0.2) is 0 Å². The fraction of sp³-hybridized carbons (Fsp3) is 0.500. The predicted molar refractivity (Wildman–Crippen MR) is 83.1 cm³/mol. The molecule has 1 aliphatic carbocycles. The van der Waals surface area contributed by atoms with Crippen LogP contribution in [0.3, 0.4) is 0 Å². The summed E-state index contributed by atoms with van der Waals surface area (Å²) in [5.41, 5.74) is 1.99. The van der Waals surface area contributed by atoms with Crippen molar-refractivity contribution in [1.82, 2.24) is 10.2 Å². The van der Waals surface area contributed by atoms with E-state index < -0.39 is 0 Å². The van der Waals surface area contributed by atoms with Crippen LogP contribution in [0.15, 0.2) is 24.3 Å². The Morgan fingerprint density at radius 1 is 1.24 bits per heavy atom. The molecule has 1 fully saturated rings. The Hall–Kier alpha value is -1.88. The van der Waals surface area contributed by atoms with Gasteiger partial charge in [-0.1, -0.05) is 19.1 Å². The van der Waals surface area contributed by atoms with Crippen molar-refractivity contribution < 1.29 is 9.59 Å². The third-order valence-electron chi connectivity index (χ3n) is 3.39. The summed E-state index contributed by atoms with van der Waals surface area (Å²) in [7, 11) is 1.77. The maximum atomic E-state index is 12.0. The average Bonchev–Trinajstić information content (AvgIpc) is 3.22. The first-order valence-corrected chi connectivity index (χ1v) is 7.43. The quantitative estimate of drug-likeness (QED) is 0.797. The van der Waals surface area contributed by atoms with Gasteiger partial charge in [-0.05, 0) is 44.0 Å². The first-order valence-electron chi connectivity index (χ1n) is 7.43. The van der Waals surface area contributed by atoms with Gasteiger partial charge in [0, 0.05) is 11.7 Å². The maximum Gasteiger partial charge on any atom is 0.238 e. The van der Waals surface area contributed by atoms with Crippen LogP contribution in [-0.2, 0) is 16.0 Å². The number of hydrogen-bond acceptors (Lipinski definition) is 3. The number of benzene rings is 1. The van der Waals surface area contributed by atoms with Crippen molar-refractivity contribution in [1.29, 1.82) is 0 Å². The van der Waals surface area contributed by atoms with Crippen LogP contribution in [0.4, 0.5) is 5.69 Å². The Kier molecular flexibility index (Phi) is 5.33. The molecule has 114 valence electrons. The van der Waals surface area contributed by atoms with E-state index in [1.165, 1.54) is 5.56 Å². The van der Waals surface area contributed by atoms with Crippen LogP contribution in [0, 0.1) is 0 Å². The van der Waals surface area contributed by atoms with E-state index in [1.807, 2.05) is 24.3 Å². The maximum absolute atomic E-state index is 12.0. The molecule has 0 aliphatic heterocycles. The number of likely N-dealkylation sites (N-methyl/N-ethyl adjacent to an activating group) is 1. The van der Waals surface area contributed by atoms with Crippen LogP contribution >= 0.6 is 0 Å². The minimum absolute atomic E-state index is 0.0132. The zero-order chi connectivity index (χ0) is 15.2. The largest absolute Gasteiger partial charge is 0.352 e. The van der Waals surface area contributed by atoms with Crippen LogP contribution < -0.4 is 10.6 Å². The van der Waals surface area contributed by atoms with Gasteiger partial charge in [-0.25, -0.2) is 0 Å². The molecule has 0 unspecified atom stereocenters. The molecule has 1 aromatic carbocycles. The van der Waals surface area contributed by atoms with Gasteiger partial charge in [-0.15, -0.1) is 0 Å². The normalized spacial score (nSPS) is 14.0. The molecule has 0 aromatic heterocycles. The molecule has 0 spiro atoms. The summed E-state index contributed by atoms with van der Waals surface area (Å²) in [6, 6.07) is 8.16. The summed E-state index contributed by atoms with van der Waals surface area (Å²) in [4.78, 5) is 25.3. The summed E-state index contributed by atoms with van der Waals surface area (Å²) >= 11 is 0. The van der Waals surface area contributed by atoms with Gasteiger partial charge < -0.3 is 10.6 Å². The van der Waals surface area contributed by atoms with Gasteiger partial charge in [0.05, 0.1) is 13.1 Å². The number of rotatable bonds is 7. The SMILES string of the molecule is CCc1cccc(NC(=O)CN(C)CC(=O)NC2CC2)c1. The number of anilines is 1. The molecule has 21 heavy (non-hydrogen) atoms. The Bertz CT molecular complexity index is 512. The summed E-state index contributed by atoms with van der Waals surface area (Å²) in [6.45, 7) is 2.53. The van der Waals surface area contributed by atoms with Crippen LogP contribution in [0.2, 0.25) is 0 Å². The van der Waals surface area contributed by atoms with Gasteiger partial charge in [-0.2, -0.15) is 0 Å². The molecule has 0 saturated heterocycles. The highest BCUT2D eigenvalue weighted by Crippen LogP contribution is 2.18. The highest BCUT2D eigenvalue weighted by atomic mass is 16.2. The van der Waals surface area contributed by atoms with Crippen LogP contribution in [0.25, 0.3) is 0 Å². The molecule has 1 aliphatic rings. The molecule has 2 amide bonds. The van der Waals surface area contributed by atoms with Crippen LogP contribution in [-0.4, -0.2) is 42.9 Å². The van der Waals surface area contributed by atoms with Gasteiger partial charge >= 0.3 is 0 Å². The Morgan fingerprint density at radius 2 is 1.95 bits per heavy atom. The second kappa shape index (κ2) is 7.22. The van der Waals surface area contributed by atoms with E-state index in [-0.39, 0.29) is 24.9 Å². The number of hydrogen-bond donors (Lipinski definition) is 2.